The molecule has 2 aliphatic rings. The van der Waals surface area contributed by atoms with Gasteiger partial charge in [-0.15, -0.1) is 0 Å². The number of hydrogen-bond acceptors (Lipinski definition) is 8. The molecule has 0 saturated carbocycles. The lowest BCUT2D eigenvalue weighted by Gasteiger charge is -2.44. The van der Waals surface area contributed by atoms with Crippen LogP contribution < -0.4 is 4.74 Å². The van der Waals surface area contributed by atoms with E-state index in [1.165, 1.54) is 19.5 Å². The van der Waals surface area contributed by atoms with E-state index in [0.29, 0.717) is 15.6 Å². The molecule has 1 saturated heterocycles. The summed E-state index contributed by atoms with van der Waals surface area (Å²) in [5.41, 5.74) is 3.68. The minimum atomic E-state index is -4.85. The molecule has 3 rings (SSSR count). The Kier molecular flexibility index (Phi) is 10.3. The Labute approximate surface area is 235 Å². The fourth-order valence-corrected chi connectivity index (χ4v) is 7.64. The summed E-state index contributed by atoms with van der Waals surface area (Å²) in [6, 6.07) is 3.65. The number of ether oxygens (including phenoxy) is 1. The smallest absolute Gasteiger partial charge is 0.363 e. The Morgan fingerprint density at radius 3 is 2.59 bits per heavy atom. The van der Waals surface area contributed by atoms with Crippen molar-refractivity contribution < 1.29 is 32.7 Å². The first-order chi connectivity index (χ1) is 18.3. The minimum Gasteiger partial charge on any atom is -0.507 e. The van der Waals surface area contributed by atoms with E-state index >= 15 is 0 Å². The Hall–Kier alpha value is -2.34. The molecule has 0 unspecified atom stereocenters. The number of phenolic OH excluding ortho intramolecular Hbond substituents is 1. The van der Waals surface area contributed by atoms with Crippen molar-refractivity contribution in [2.45, 2.75) is 83.6 Å². The van der Waals surface area contributed by atoms with Crippen LogP contribution in [-0.2, 0) is 21.5 Å². The normalized spacial score (nSPS) is 24.7. The number of carbonyl (C=O) groups is 1. The Bertz CT molecular complexity index is 1260. The average Bonchev–Trinajstić information content (AvgIpc) is 2.81. The van der Waals surface area contributed by atoms with Crippen LogP contribution in [0.1, 0.15) is 76.8 Å². The van der Waals surface area contributed by atoms with E-state index in [9.17, 15) is 28.0 Å². The summed E-state index contributed by atoms with van der Waals surface area (Å²) in [7, 11) is -3.39. The van der Waals surface area contributed by atoms with E-state index in [2.05, 4.69) is 31.5 Å². The van der Waals surface area contributed by atoms with Crippen LogP contribution in [0.15, 0.2) is 40.9 Å². The highest BCUT2D eigenvalue weighted by Gasteiger charge is 2.56. The lowest BCUT2D eigenvalue weighted by atomic mass is 9.73. The fraction of sp³-hybridized carbons (Fsp3) is 0.571. The van der Waals surface area contributed by atoms with Crippen LogP contribution in [0.3, 0.4) is 0 Å². The van der Waals surface area contributed by atoms with Gasteiger partial charge in [-0.25, -0.2) is 9.30 Å². The van der Waals surface area contributed by atoms with Crippen LogP contribution in [0, 0.1) is 11.8 Å². The van der Waals surface area contributed by atoms with Gasteiger partial charge in [-0.2, -0.15) is 8.42 Å². The van der Waals surface area contributed by atoms with Crippen molar-refractivity contribution in [1.82, 2.24) is 4.31 Å². The second kappa shape index (κ2) is 12.9. The molecule has 11 heteroatoms. The number of unbranched alkanes of at least 4 members (excludes halogenated alkanes) is 2. The van der Waals surface area contributed by atoms with Crippen molar-refractivity contribution in [2.24, 2.45) is 16.8 Å². The molecule has 3 N–H and O–H groups in total. The largest absolute Gasteiger partial charge is 0.507 e. The second-order valence-corrected chi connectivity index (χ2v) is 12.8. The summed E-state index contributed by atoms with van der Waals surface area (Å²) >= 11 is 0.817. The molecule has 0 bridgehead atoms. The zero-order valence-electron chi connectivity index (χ0n) is 23.3. The number of aliphatic hydroxyl groups is 1. The van der Waals surface area contributed by atoms with E-state index < -0.39 is 33.6 Å². The molecule has 1 aliphatic heterocycles. The van der Waals surface area contributed by atoms with Gasteiger partial charge in [-0.3, -0.25) is 9.35 Å². The van der Waals surface area contributed by atoms with Gasteiger partial charge in [0.05, 0.1) is 12.0 Å². The molecular formula is C28H40N2O7S2. The molecule has 0 spiro atoms. The molecule has 1 aromatic carbocycles. The van der Waals surface area contributed by atoms with Crippen LogP contribution >= 0.6 is 11.8 Å². The molecule has 1 aliphatic carbocycles. The molecule has 0 aromatic heterocycles. The molecule has 1 aromatic rings. The molecule has 1 heterocycles. The number of aromatic hydroxyl groups is 1. The van der Waals surface area contributed by atoms with Crippen LogP contribution in [0.5, 0.6) is 11.5 Å². The molecule has 9 nitrogen and oxygen atoms in total. The predicted octanol–water partition coefficient (Wildman–Crippen LogP) is 5.21. The third-order valence-corrected chi connectivity index (χ3v) is 9.62. The van der Waals surface area contributed by atoms with Gasteiger partial charge in [0.25, 0.3) is 5.23 Å². The van der Waals surface area contributed by atoms with Gasteiger partial charge in [0, 0.05) is 18.5 Å². The molecule has 0 radical (unpaired) electrons. The van der Waals surface area contributed by atoms with Gasteiger partial charge in [0.15, 0.2) is 0 Å². The third kappa shape index (κ3) is 7.06. The third-order valence-electron chi connectivity index (χ3n) is 7.37. The van der Waals surface area contributed by atoms with Gasteiger partial charge < -0.3 is 14.9 Å². The number of allylic oxidation sites excluding steroid dienone is 3. The number of thioether (sulfide) groups is 1. The lowest BCUT2D eigenvalue weighted by molar-refractivity contribution is -0.147. The second-order valence-electron chi connectivity index (χ2n) is 10.5. The van der Waals surface area contributed by atoms with Gasteiger partial charge in [0.2, 0.25) is 5.91 Å². The Morgan fingerprint density at radius 2 is 2.03 bits per heavy atom. The van der Waals surface area contributed by atoms with Crippen LogP contribution in [0.25, 0.3) is 0 Å². The molecular weight excluding hydrogens is 540 g/mol. The van der Waals surface area contributed by atoms with Crippen molar-refractivity contribution in [3.05, 3.63) is 47.1 Å². The van der Waals surface area contributed by atoms with Crippen LogP contribution in [-0.4, -0.2) is 57.2 Å². The summed E-state index contributed by atoms with van der Waals surface area (Å²) in [6.07, 6.45) is 6.57. The zero-order valence-corrected chi connectivity index (χ0v) is 24.9. The molecule has 39 heavy (non-hydrogen) atoms. The van der Waals surface area contributed by atoms with Crippen molar-refractivity contribution in [2.75, 3.05) is 7.05 Å². The van der Waals surface area contributed by atoms with E-state index in [1.807, 2.05) is 13.0 Å². The summed E-state index contributed by atoms with van der Waals surface area (Å²) in [5.74, 6) is -1.59. The maximum Gasteiger partial charge on any atom is 0.363 e. The number of phenols is 1. The Balaban J connectivity index is 2.03. The monoisotopic (exact) mass is 580 g/mol. The molecule has 1 fully saturated rings. The molecule has 1 amide bonds. The first kappa shape index (κ1) is 31.2. The Morgan fingerprint density at radius 1 is 1.33 bits per heavy atom. The standard InChI is InChI=1S/C28H40N2O7S2/c1-7-8-9-10-19-14-22(32)25(21-13-17(4)11-12-20(21)16(2)3)23(15-19)37-28(29-6)38-27-24(18(5)31)26(33)30(27)39(34,35)36/h13-15,18,20-21,24,27,31-32H,2,7-12H2,1,3-6H3,(H,34,35,36)/t18-,20+,21-,24+,27-/m1/s1. The lowest BCUT2D eigenvalue weighted by Crippen LogP contribution is -2.64. The van der Waals surface area contributed by atoms with Crippen LogP contribution in [0.4, 0.5) is 0 Å². The highest BCUT2D eigenvalue weighted by Crippen LogP contribution is 2.48. The average molecular weight is 581 g/mol. The highest BCUT2D eigenvalue weighted by molar-refractivity contribution is 8.14. The molecule has 216 valence electrons. The van der Waals surface area contributed by atoms with Crippen molar-refractivity contribution in [3.63, 3.8) is 0 Å². The van der Waals surface area contributed by atoms with Crippen molar-refractivity contribution in [3.8, 4) is 11.5 Å². The van der Waals surface area contributed by atoms with E-state index in [4.69, 9.17) is 4.74 Å². The van der Waals surface area contributed by atoms with Gasteiger partial charge in [-0.1, -0.05) is 43.6 Å². The number of nitrogens with zero attached hydrogens (tertiary/aromatic N) is 2. The number of rotatable bonds is 10. The van der Waals surface area contributed by atoms with Gasteiger partial charge in [0.1, 0.15) is 16.9 Å². The summed E-state index contributed by atoms with van der Waals surface area (Å²) in [4.78, 5) is 16.6. The number of aliphatic hydroxyl groups excluding tert-OH is 1. The van der Waals surface area contributed by atoms with Gasteiger partial charge in [-0.05, 0) is 81.8 Å². The summed E-state index contributed by atoms with van der Waals surface area (Å²) < 4.78 is 39.9. The molecule has 5 atom stereocenters. The maximum atomic E-state index is 12.4. The van der Waals surface area contributed by atoms with Crippen LogP contribution in [0.2, 0.25) is 0 Å². The van der Waals surface area contributed by atoms with E-state index in [1.54, 1.807) is 6.07 Å². The van der Waals surface area contributed by atoms with Crippen molar-refractivity contribution >= 4 is 33.2 Å². The quantitative estimate of drug-likeness (QED) is 0.0857. The number of benzene rings is 1. The maximum absolute atomic E-state index is 12.4. The highest BCUT2D eigenvalue weighted by atomic mass is 32.2. The summed E-state index contributed by atoms with van der Waals surface area (Å²) in [5, 5.41) is 20.3. The number of β-lactam (4-membered cyclic amide) rings is 1. The van der Waals surface area contributed by atoms with E-state index in [-0.39, 0.29) is 22.8 Å². The van der Waals surface area contributed by atoms with Crippen molar-refractivity contribution in [1.29, 1.82) is 0 Å². The van der Waals surface area contributed by atoms with Gasteiger partial charge >= 0.3 is 10.3 Å². The topological polar surface area (TPSA) is 137 Å². The minimum absolute atomic E-state index is 0.0292. The number of carbonyl (C=O) groups excluding carboxylic acids is 1. The number of hydrogen-bond donors (Lipinski definition) is 3. The fourth-order valence-electron chi connectivity index (χ4n) is 5.31. The number of aliphatic imine (C=N–C) groups is 1. The first-order valence-electron chi connectivity index (χ1n) is 13.3. The summed E-state index contributed by atoms with van der Waals surface area (Å²) in [6.45, 7) is 11.7. The number of aryl methyl sites for hydroxylation is 1. The van der Waals surface area contributed by atoms with E-state index in [0.717, 1.165) is 61.4 Å². The zero-order chi connectivity index (χ0) is 29.1. The number of amides is 1. The SMILES string of the molecule is C=C(C)[C@@H]1CCC(C)=C[C@H]1c1c(O)cc(CCCCC)cc1OC(=NC)S[C@@H]1[C@@H]([C@@H](C)O)C(=O)N1S(=O)(=O)O. The predicted molar refractivity (Wildman–Crippen MR) is 154 cm³/mol. The first-order valence-corrected chi connectivity index (χ1v) is 15.6.